The number of guanidine groups is 1. The molecule has 12 nitrogen and oxygen atoms in total. The highest BCUT2D eigenvalue weighted by molar-refractivity contribution is 9.10. The van der Waals surface area contributed by atoms with E-state index in [-0.39, 0.29) is 48.6 Å². The molecule has 0 radical (unpaired) electrons. The van der Waals surface area contributed by atoms with Crippen LogP contribution in [0, 0.1) is 0 Å². The van der Waals surface area contributed by atoms with E-state index < -0.39 is 17.0 Å². The third-order valence-corrected chi connectivity index (χ3v) is 7.61. The smallest absolute Gasteiger partial charge is 0.437 e. The van der Waals surface area contributed by atoms with Crippen LogP contribution in [0.2, 0.25) is 0 Å². The Morgan fingerprint density at radius 1 is 0.955 bits per heavy atom. The first-order chi connectivity index (χ1) is 21.4. The van der Waals surface area contributed by atoms with Crippen molar-refractivity contribution in [3.05, 3.63) is 83.6 Å². The molecule has 2 atom stereocenters. The molecular weight excluding hydrogens is 634 g/mol. The van der Waals surface area contributed by atoms with Crippen LogP contribution < -0.4 is 14.8 Å². The van der Waals surface area contributed by atoms with Crippen molar-refractivity contribution in [2.45, 2.75) is 49.8 Å². The molecule has 2 aromatic carbocycles. The topological polar surface area (TPSA) is 142 Å². The first-order valence-corrected chi connectivity index (χ1v) is 15.0. The van der Waals surface area contributed by atoms with Gasteiger partial charge in [0.15, 0.2) is 5.78 Å². The molecule has 1 fully saturated rings. The fourth-order valence-electron chi connectivity index (χ4n) is 4.61. The Hall–Kier alpha value is -4.52. The summed E-state index contributed by atoms with van der Waals surface area (Å²) >= 11 is 3.53. The average Bonchev–Trinajstić information content (AvgIpc) is 3.06. The summed E-state index contributed by atoms with van der Waals surface area (Å²) < 4.78 is 21.1. The number of alkyl carbamates (subject to hydrolysis) is 1. The molecule has 4 rings (SSSR count). The van der Waals surface area contributed by atoms with Crippen LogP contribution in [0.15, 0.2) is 71.7 Å². The van der Waals surface area contributed by atoms with Crippen molar-refractivity contribution < 1.29 is 33.3 Å². The monoisotopic (exact) mass is 667 g/mol. The Balaban J connectivity index is 1.51. The number of likely N-dealkylation sites (tertiary alicyclic amines) is 1. The van der Waals surface area contributed by atoms with Gasteiger partial charge in [-0.3, -0.25) is 10.1 Å². The number of hydrogen-bond acceptors (Lipinski definition) is 9. The molecule has 2 unspecified atom stereocenters. The number of nitrogens with one attached hydrogen (secondary N) is 1. The molecule has 13 heteroatoms. The maximum atomic E-state index is 13.4. The van der Waals surface area contributed by atoms with Crippen LogP contribution in [0.4, 0.5) is 9.59 Å². The van der Waals surface area contributed by atoms with Gasteiger partial charge in [0, 0.05) is 18.7 Å². The quantitative estimate of drug-likeness (QED) is 0.131. The van der Waals surface area contributed by atoms with Gasteiger partial charge in [0.25, 0.3) is 0 Å². The summed E-state index contributed by atoms with van der Waals surface area (Å²) in [7, 11) is 2.84. The standard InChI is InChI=1S/C31H34BrN5O7/c1-41-26-18-25(33-29(34-26)42-2)27(38)24(32)17-23-15-9-10-16-37(23)28(35-30(39)43-19-21-11-5-3-6-12-21)36-31(40)44-20-22-13-7-4-8-14-22/h3-8,11-14,18,23-24H,9-10,15-17,19-20H2,1-2H3,(H,35,36,39,40). The number of halogens is 1. The SMILES string of the molecule is COc1cc(C(=O)C(Br)CC2CCCCN2/C(=N/C(=O)OCc2ccccc2)NC(=O)OCc2ccccc2)nc(OC)n1. The van der Waals surface area contributed by atoms with Gasteiger partial charge < -0.3 is 23.8 Å². The van der Waals surface area contributed by atoms with E-state index in [4.69, 9.17) is 18.9 Å². The van der Waals surface area contributed by atoms with Gasteiger partial charge in [-0.25, -0.2) is 9.59 Å². The number of carbonyl (C=O) groups excluding carboxylic acids is 3. The number of Topliss-reactive ketones (excluding diaryl/α,β-unsaturated/α-hetero) is 1. The minimum absolute atomic E-state index is 0.00772. The number of rotatable bonds is 10. The lowest BCUT2D eigenvalue weighted by molar-refractivity contribution is 0.0965. The molecule has 0 aliphatic carbocycles. The Labute approximate surface area is 263 Å². The normalized spacial score (nSPS) is 15.6. The molecule has 1 aliphatic heterocycles. The number of hydrogen-bond donors (Lipinski definition) is 1. The van der Waals surface area contributed by atoms with E-state index in [1.54, 1.807) is 4.90 Å². The summed E-state index contributed by atoms with van der Waals surface area (Å²) in [5, 5.41) is 2.64. The highest BCUT2D eigenvalue weighted by Gasteiger charge is 2.32. The number of methoxy groups -OCH3 is 2. The molecular formula is C31H34BrN5O7. The molecule has 0 saturated carbocycles. The zero-order valence-electron chi connectivity index (χ0n) is 24.5. The van der Waals surface area contributed by atoms with E-state index in [9.17, 15) is 14.4 Å². The largest absolute Gasteiger partial charge is 0.481 e. The van der Waals surface area contributed by atoms with Gasteiger partial charge in [0.2, 0.25) is 11.8 Å². The molecule has 0 bridgehead atoms. The van der Waals surface area contributed by atoms with Crippen molar-refractivity contribution in [3.63, 3.8) is 0 Å². The lowest BCUT2D eigenvalue weighted by atomic mass is 9.96. The maximum Gasteiger partial charge on any atom is 0.437 e. The number of ketones is 1. The minimum atomic E-state index is -0.872. The van der Waals surface area contributed by atoms with E-state index in [2.05, 4.69) is 36.2 Å². The van der Waals surface area contributed by atoms with Crippen LogP contribution in [-0.2, 0) is 22.7 Å². The fourth-order valence-corrected chi connectivity index (χ4v) is 5.28. The van der Waals surface area contributed by atoms with Gasteiger partial charge in [-0.1, -0.05) is 76.6 Å². The second-order valence-electron chi connectivity index (χ2n) is 9.86. The summed E-state index contributed by atoms with van der Waals surface area (Å²) in [6.07, 6.45) is 1.03. The zero-order valence-corrected chi connectivity index (χ0v) is 26.1. The van der Waals surface area contributed by atoms with E-state index in [1.807, 2.05) is 60.7 Å². The number of carbonyl (C=O) groups is 3. The second-order valence-corrected chi connectivity index (χ2v) is 11.0. The van der Waals surface area contributed by atoms with Crippen molar-refractivity contribution in [2.75, 3.05) is 20.8 Å². The molecule has 1 aromatic heterocycles. The number of alkyl halides is 1. The van der Waals surface area contributed by atoms with Crippen molar-refractivity contribution in [2.24, 2.45) is 4.99 Å². The minimum Gasteiger partial charge on any atom is -0.481 e. The number of amides is 2. The molecule has 1 saturated heterocycles. The van der Waals surface area contributed by atoms with Crippen molar-refractivity contribution in [1.82, 2.24) is 20.2 Å². The lowest BCUT2D eigenvalue weighted by Crippen LogP contribution is -2.52. The van der Waals surface area contributed by atoms with Gasteiger partial charge in [-0.05, 0) is 36.8 Å². The first kappa shape index (κ1) is 32.4. The lowest BCUT2D eigenvalue weighted by Gasteiger charge is -2.38. The van der Waals surface area contributed by atoms with Crippen molar-refractivity contribution in [3.8, 4) is 11.9 Å². The van der Waals surface area contributed by atoms with E-state index >= 15 is 0 Å². The number of aromatic nitrogens is 2. The van der Waals surface area contributed by atoms with Gasteiger partial charge in [0.1, 0.15) is 18.9 Å². The summed E-state index contributed by atoms with van der Waals surface area (Å²) in [4.78, 5) is 52.6. The zero-order chi connectivity index (χ0) is 31.3. The van der Waals surface area contributed by atoms with E-state index in [0.717, 1.165) is 24.0 Å². The van der Waals surface area contributed by atoms with Gasteiger partial charge in [0.05, 0.1) is 19.0 Å². The molecule has 44 heavy (non-hydrogen) atoms. The van der Waals surface area contributed by atoms with Crippen LogP contribution in [0.3, 0.4) is 0 Å². The molecule has 2 heterocycles. The third kappa shape index (κ3) is 9.49. The van der Waals surface area contributed by atoms with Crippen LogP contribution in [0.1, 0.15) is 47.3 Å². The fraction of sp³-hybridized carbons (Fsp3) is 0.355. The number of aliphatic imine (C=N–C) groups is 1. The van der Waals surface area contributed by atoms with Gasteiger partial charge >= 0.3 is 18.2 Å². The van der Waals surface area contributed by atoms with E-state index in [0.29, 0.717) is 19.4 Å². The van der Waals surface area contributed by atoms with Crippen LogP contribution in [-0.4, -0.2) is 70.4 Å². The van der Waals surface area contributed by atoms with Gasteiger partial charge in [-0.15, -0.1) is 4.99 Å². The molecule has 0 spiro atoms. The highest BCUT2D eigenvalue weighted by atomic mass is 79.9. The summed E-state index contributed by atoms with van der Waals surface area (Å²) in [6, 6.07) is 19.6. The van der Waals surface area contributed by atoms with Crippen LogP contribution in [0.5, 0.6) is 11.9 Å². The highest BCUT2D eigenvalue weighted by Crippen LogP contribution is 2.26. The summed E-state index contributed by atoms with van der Waals surface area (Å²) in [5.41, 5.74) is 1.72. The Bertz CT molecular complexity index is 1420. The molecule has 232 valence electrons. The van der Waals surface area contributed by atoms with E-state index in [1.165, 1.54) is 20.3 Å². The Morgan fingerprint density at radius 3 is 2.25 bits per heavy atom. The summed E-state index contributed by atoms with van der Waals surface area (Å²) in [5.74, 6) is -0.116. The molecule has 1 N–H and O–H groups in total. The predicted octanol–water partition coefficient (Wildman–Crippen LogP) is 5.30. The Kier molecular flexibility index (Phi) is 12.0. The number of benzene rings is 2. The predicted molar refractivity (Wildman–Crippen MR) is 165 cm³/mol. The maximum absolute atomic E-state index is 13.4. The van der Waals surface area contributed by atoms with Crippen LogP contribution in [0.25, 0.3) is 0 Å². The number of nitrogens with zero attached hydrogens (tertiary/aromatic N) is 4. The average molecular weight is 669 g/mol. The van der Waals surface area contributed by atoms with Crippen LogP contribution >= 0.6 is 15.9 Å². The number of ether oxygens (including phenoxy) is 4. The second kappa shape index (κ2) is 16.4. The van der Waals surface area contributed by atoms with Crippen molar-refractivity contribution in [1.29, 1.82) is 0 Å². The number of piperidine rings is 1. The molecule has 1 aliphatic rings. The Morgan fingerprint density at radius 2 is 1.61 bits per heavy atom. The first-order valence-electron chi connectivity index (χ1n) is 14.0. The van der Waals surface area contributed by atoms with Gasteiger partial charge in [-0.2, -0.15) is 9.97 Å². The molecule has 3 aromatic rings. The third-order valence-electron chi connectivity index (χ3n) is 6.82. The summed E-state index contributed by atoms with van der Waals surface area (Å²) in [6.45, 7) is 0.533. The molecule has 2 amide bonds. The van der Waals surface area contributed by atoms with Crippen molar-refractivity contribution >= 4 is 39.9 Å².